The number of carbonyl (C=O) groups excluding carboxylic acids is 1. The summed E-state index contributed by atoms with van der Waals surface area (Å²) >= 11 is 0. The van der Waals surface area contributed by atoms with Gasteiger partial charge in [0.2, 0.25) is 11.9 Å². The van der Waals surface area contributed by atoms with Gasteiger partial charge in [0.15, 0.2) is 0 Å². The van der Waals surface area contributed by atoms with Gasteiger partial charge < -0.3 is 10.8 Å². The molecule has 0 aliphatic heterocycles. The lowest BCUT2D eigenvalue weighted by molar-refractivity contribution is -0.136. The maximum Gasteiger partial charge on any atom is 0.307 e. The summed E-state index contributed by atoms with van der Waals surface area (Å²) in [5, 5.41) is 24.1. The van der Waals surface area contributed by atoms with Crippen LogP contribution in [-0.4, -0.2) is 74.3 Å². The molecule has 0 unspecified atom stereocenters. The number of ketones is 1. The van der Waals surface area contributed by atoms with Gasteiger partial charge in [-0.25, -0.2) is 23.7 Å². The van der Waals surface area contributed by atoms with E-state index in [9.17, 15) is 31.5 Å². The minimum atomic E-state index is -1.07. The third-order valence-corrected chi connectivity index (χ3v) is 8.28. The van der Waals surface area contributed by atoms with Crippen molar-refractivity contribution in [2.45, 2.75) is 19.3 Å². The van der Waals surface area contributed by atoms with Crippen molar-refractivity contribution in [3.8, 4) is 45.0 Å². The van der Waals surface area contributed by atoms with Crippen molar-refractivity contribution in [3.05, 3.63) is 175 Å². The Bertz CT molecular complexity index is 2770. The van der Waals surface area contributed by atoms with E-state index in [1.54, 1.807) is 43.0 Å². The van der Waals surface area contributed by atoms with Gasteiger partial charge in [-0.1, -0.05) is 0 Å². The first-order valence-corrected chi connectivity index (χ1v) is 18.3. The van der Waals surface area contributed by atoms with Crippen molar-refractivity contribution in [3.63, 3.8) is 0 Å². The maximum atomic E-state index is 14.4. The molecule has 63 heavy (non-hydrogen) atoms. The second-order valence-corrected chi connectivity index (χ2v) is 12.8. The molecule has 3 N–H and O–H groups in total. The molecule has 0 aliphatic carbocycles. The van der Waals surface area contributed by atoms with Gasteiger partial charge in [0.25, 0.3) is 0 Å². The van der Waals surface area contributed by atoms with E-state index in [0.717, 1.165) is 35.0 Å². The van der Waals surface area contributed by atoms with Gasteiger partial charge in [0.1, 0.15) is 34.6 Å². The summed E-state index contributed by atoms with van der Waals surface area (Å²) in [6, 6.07) is 21.9. The number of hydrogen-bond donors (Lipinski definition) is 2. The second-order valence-electron chi connectivity index (χ2n) is 12.8. The third kappa shape index (κ3) is 13.9. The van der Waals surface area contributed by atoms with E-state index in [0.29, 0.717) is 22.8 Å². The van der Waals surface area contributed by atoms with Crippen LogP contribution in [0.3, 0.4) is 0 Å². The maximum absolute atomic E-state index is 14.4. The Labute approximate surface area is 357 Å². The largest absolute Gasteiger partial charge is 0.481 e. The van der Waals surface area contributed by atoms with E-state index >= 15 is 0 Å². The molecule has 14 nitrogen and oxygen atoms in total. The molecule has 0 bridgehead atoms. The summed E-state index contributed by atoms with van der Waals surface area (Å²) in [5.74, 6) is -3.46. The Hall–Kier alpha value is -8.35. The number of hydrogen-bond acceptors (Lipinski definition) is 13. The molecule has 8 heterocycles. The molecule has 0 atom stereocenters. The van der Waals surface area contributed by atoms with E-state index in [2.05, 4.69) is 50.3 Å². The Morgan fingerprint density at radius 2 is 1.10 bits per heavy atom. The predicted molar refractivity (Wildman–Crippen MR) is 220 cm³/mol. The van der Waals surface area contributed by atoms with Gasteiger partial charge >= 0.3 is 5.97 Å². The third-order valence-electron chi connectivity index (χ3n) is 8.28. The number of carboxylic acid groups (broad SMARTS) is 1. The average molecular weight is 861 g/mol. The quantitative estimate of drug-likeness (QED) is 0.102. The van der Waals surface area contributed by atoms with E-state index in [-0.39, 0.29) is 53.1 Å². The summed E-state index contributed by atoms with van der Waals surface area (Å²) < 4.78 is 69.8. The molecule has 0 aromatic carbocycles. The summed E-state index contributed by atoms with van der Waals surface area (Å²) in [4.78, 5) is 45.8. The zero-order valence-electron chi connectivity index (χ0n) is 33.7. The molecule has 0 amide bonds. The first-order chi connectivity index (χ1) is 30.9. The predicted octanol–water partition coefficient (Wildman–Crippen LogP) is 7.38. The number of rotatable bonds is 10. The van der Waals surface area contributed by atoms with Crippen molar-refractivity contribution >= 4 is 17.6 Å². The van der Waals surface area contributed by atoms with Crippen LogP contribution in [0.25, 0.3) is 45.0 Å². The van der Waals surface area contributed by atoms with Crippen LogP contribution in [0, 0.1) is 23.5 Å². The lowest BCUT2D eigenvalue weighted by Gasteiger charge is -2.06. The van der Waals surface area contributed by atoms with Crippen molar-refractivity contribution < 1.29 is 38.0 Å². The zero-order chi connectivity index (χ0) is 45.8. The highest BCUT2D eigenvalue weighted by molar-refractivity contribution is 5.83. The van der Waals surface area contributed by atoms with Gasteiger partial charge in [0, 0.05) is 102 Å². The molecule has 8 aromatic rings. The van der Waals surface area contributed by atoms with Crippen molar-refractivity contribution in [2.24, 2.45) is 0 Å². The van der Waals surface area contributed by atoms with Crippen molar-refractivity contribution in [2.75, 3.05) is 12.9 Å². The minimum Gasteiger partial charge on any atom is -0.481 e. The molecule has 0 aliphatic rings. The number of nitrogens with two attached hydrogens (primary N) is 1. The van der Waals surface area contributed by atoms with Crippen LogP contribution in [0.4, 0.5) is 27.8 Å². The van der Waals surface area contributed by atoms with Gasteiger partial charge in [-0.15, -0.1) is 0 Å². The van der Waals surface area contributed by atoms with Gasteiger partial charge in [-0.05, 0) is 83.9 Å². The fraction of sp³-hybridized carbons (Fsp3) is 0.0909. The number of anilines is 1. The number of pyridine rings is 6. The molecular weight excluding hydrogens is 826 g/mol. The molecule has 8 aromatic heterocycles. The Morgan fingerprint density at radius 1 is 0.587 bits per heavy atom. The zero-order valence-corrected chi connectivity index (χ0v) is 32.7. The van der Waals surface area contributed by atoms with Gasteiger partial charge in [-0.2, -0.15) is 29.2 Å². The normalized spacial score (nSPS) is 10.4. The number of alkyl halides is 1. The standard InChI is InChI=1S/C22H15F2N5O.C12H8F2N2O2.C9H8N4.CH3F/c23-19-9-14(12-27-22(19)15-5-7-25-21(24)10-15)8-18(30)11-17-4-3-16(13-26-17)20-2-1-6-28-29-20;13-9-3-7(4-11(17)18)6-16-12(9)8-1-2-15-10(14)5-8;10-9-4-3-7(6-11-9)8-2-1-5-12-13-8;1-2/h1-7,9-10,12-13H,8,11H2;1-3,5-6H,4H2,(H,17,18);1-6H,(H2,10,11);1H3/i;;;1D. The van der Waals surface area contributed by atoms with Gasteiger partial charge in [0.05, 0.1) is 26.3 Å². The second kappa shape index (κ2) is 22.9. The molecule has 0 radical (unpaired) electrons. The summed E-state index contributed by atoms with van der Waals surface area (Å²) in [5.41, 5.74) is 10.5. The minimum absolute atomic E-state index is 0.00812. The van der Waals surface area contributed by atoms with Gasteiger partial charge in [-0.3, -0.25) is 28.9 Å². The lowest BCUT2D eigenvalue weighted by atomic mass is 10.0. The Kier molecular flexibility index (Phi) is 16.0. The van der Waals surface area contributed by atoms with Crippen LogP contribution in [0.1, 0.15) is 18.2 Å². The average Bonchev–Trinajstić information content (AvgIpc) is 3.28. The molecule has 0 saturated carbocycles. The van der Waals surface area contributed by atoms with Crippen molar-refractivity contribution in [1.82, 2.24) is 50.3 Å². The number of aliphatic carboxylic acids is 1. The number of aromatic nitrogens is 10. The van der Waals surface area contributed by atoms with E-state index in [1.165, 1.54) is 43.0 Å². The first-order valence-electron chi connectivity index (χ1n) is 19.0. The Morgan fingerprint density at radius 3 is 1.51 bits per heavy atom. The first kappa shape index (κ1) is 44.2. The fourth-order valence-electron chi connectivity index (χ4n) is 5.49. The number of nitrogens with zero attached hydrogens (tertiary/aromatic N) is 10. The van der Waals surface area contributed by atoms with Crippen molar-refractivity contribution in [1.29, 1.82) is 0 Å². The van der Waals surface area contributed by atoms with Crippen LogP contribution in [0.5, 0.6) is 0 Å². The summed E-state index contributed by atoms with van der Waals surface area (Å²) in [6.07, 6.45) is 11.5. The highest BCUT2D eigenvalue weighted by Gasteiger charge is 2.14. The summed E-state index contributed by atoms with van der Waals surface area (Å²) in [7, 11) is -1.00. The number of Topliss-reactive ketones (excluding diaryl/α,β-unsaturated/α-hetero) is 1. The molecule has 8 rings (SSSR count). The molecule has 19 heteroatoms. The molecule has 0 fully saturated rings. The Balaban J connectivity index is 0.000000192. The van der Waals surface area contributed by atoms with Crippen LogP contribution in [0.15, 0.2) is 135 Å². The number of nitrogen functional groups attached to an aromatic ring is 1. The number of halogens is 5. The van der Waals surface area contributed by atoms with E-state index in [1.807, 2.05) is 30.3 Å². The fourth-order valence-corrected chi connectivity index (χ4v) is 5.49. The highest BCUT2D eigenvalue weighted by Crippen LogP contribution is 2.23. The summed E-state index contributed by atoms with van der Waals surface area (Å²) in [6.45, 7) is 0. The topological polar surface area (TPSA) is 209 Å². The molecule has 0 saturated heterocycles. The van der Waals surface area contributed by atoms with Crippen LogP contribution in [0.2, 0.25) is 0 Å². The van der Waals surface area contributed by atoms with Crippen LogP contribution >= 0.6 is 0 Å². The van der Waals surface area contributed by atoms with Crippen LogP contribution < -0.4 is 5.73 Å². The van der Waals surface area contributed by atoms with Crippen LogP contribution in [-0.2, 0) is 28.9 Å². The number of carbonyl (C=O) groups is 2. The molecule has 318 valence electrons. The smallest absolute Gasteiger partial charge is 0.307 e. The lowest BCUT2D eigenvalue weighted by Crippen LogP contribution is -2.08. The highest BCUT2D eigenvalue weighted by atomic mass is 19.1. The van der Waals surface area contributed by atoms with E-state index < -0.39 is 36.7 Å². The SMILES string of the molecule is Nc1ccc(-c2cccnn2)cn1.O=C(Cc1cnc(-c2ccnc(F)c2)c(F)c1)Cc1ccc(-c2cccnn2)cn1.O=C(O)Cc1cnc(-c2ccnc(F)c2)c(F)c1.[2H]CF. The monoisotopic (exact) mass is 860 g/mol. The molecule has 0 spiro atoms. The van der Waals surface area contributed by atoms with E-state index in [4.69, 9.17) is 12.2 Å². The molecular formula is C44H34F5N11O3. The number of carboxylic acids is 1.